The summed E-state index contributed by atoms with van der Waals surface area (Å²) in [4.78, 5) is 40.1. The minimum atomic E-state index is -0.624. The molecule has 5 nitrogen and oxygen atoms in total. The molecular weight excluding hydrogens is 510 g/mol. The van der Waals surface area contributed by atoms with Crippen LogP contribution in [0.3, 0.4) is 0 Å². The van der Waals surface area contributed by atoms with E-state index in [2.05, 4.69) is 53.4 Å². The molecule has 1 N–H and O–H groups in total. The summed E-state index contributed by atoms with van der Waals surface area (Å²) in [5.41, 5.74) is 0.987. The SMILES string of the molecule is C=C(C)[C@@H]1CC[C@]2(C(=O)N[C@H](C(=O)OC)C(C)C)CC[C@@]3(C)C(CC[C@@H]4[C@@]5(C)CCC(=O)C(C)(C)C5CC[C@]43C)C12. The van der Waals surface area contributed by atoms with E-state index in [1.807, 2.05) is 13.8 Å². The Morgan fingerprint density at radius 2 is 1.59 bits per heavy atom. The van der Waals surface area contributed by atoms with Crippen LogP contribution < -0.4 is 5.32 Å². The van der Waals surface area contributed by atoms with Gasteiger partial charge in [0.05, 0.1) is 12.5 Å². The van der Waals surface area contributed by atoms with Crippen LogP contribution in [0.15, 0.2) is 12.2 Å². The van der Waals surface area contributed by atoms with Crippen molar-refractivity contribution < 1.29 is 19.1 Å². The number of nitrogens with one attached hydrogen (secondary N) is 1. The van der Waals surface area contributed by atoms with E-state index in [-0.39, 0.29) is 45.4 Å². The van der Waals surface area contributed by atoms with E-state index >= 15 is 0 Å². The number of fused-ring (bicyclic) bond motifs is 7. The van der Waals surface area contributed by atoms with E-state index < -0.39 is 11.5 Å². The fraction of sp³-hybridized carbons (Fsp3) is 0.861. The van der Waals surface area contributed by atoms with Crippen LogP contribution in [0.4, 0.5) is 0 Å². The highest BCUT2D eigenvalue weighted by Gasteiger charge is 2.72. The summed E-state index contributed by atoms with van der Waals surface area (Å²) in [5.74, 6) is 2.19. The van der Waals surface area contributed by atoms with Crippen LogP contribution in [-0.4, -0.2) is 30.8 Å². The van der Waals surface area contributed by atoms with Gasteiger partial charge in [-0.25, -0.2) is 4.79 Å². The highest BCUT2D eigenvalue weighted by atomic mass is 16.5. The van der Waals surface area contributed by atoms with E-state index in [1.165, 1.54) is 25.5 Å². The molecule has 10 atom stereocenters. The predicted octanol–water partition coefficient (Wildman–Crippen LogP) is 7.53. The Balaban J connectivity index is 1.52. The summed E-state index contributed by atoms with van der Waals surface area (Å²) in [6, 6.07) is -0.624. The molecule has 5 saturated carbocycles. The van der Waals surface area contributed by atoms with Gasteiger partial charge in [0.15, 0.2) is 0 Å². The van der Waals surface area contributed by atoms with Crippen molar-refractivity contribution in [1.29, 1.82) is 0 Å². The van der Waals surface area contributed by atoms with E-state index in [1.54, 1.807) is 0 Å². The number of carbonyl (C=O) groups is 3. The quantitative estimate of drug-likeness (QED) is 0.275. The molecule has 0 heterocycles. The number of amides is 1. The van der Waals surface area contributed by atoms with Crippen LogP contribution in [-0.2, 0) is 19.1 Å². The summed E-state index contributed by atoms with van der Waals surface area (Å²) >= 11 is 0. The van der Waals surface area contributed by atoms with Gasteiger partial charge < -0.3 is 10.1 Å². The van der Waals surface area contributed by atoms with Crippen molar-refractivity contribution in [2.24, 2.45) is 62.6 Å². The lowest BCUT2D eigenvalue weighted by Gasteiger charge is -2.72. The Kier molecular flexibility index (Phi) is 7.47. The van der Waals surface area contributed by atoms with Crippen molar-refractivity contribution in [2.45, 2.75) is 126 Å². The van der Waals surface area contributed by atoms with Crippen LogP contribution in [0.1, 0.15) is 120 Å². The highest BCUT2D eigenvalue weighted by molar-refractivity contribution is 5.89. The van der Waals surface area contributed by atoms with Gasteiger partial charge in [0.2, 0.25) is 5.91 Å². The van der Waals surface area contributed by atoms with Crippen LogP contribution in [0.2, 0.25) is 0 Å². The van der Waals surface area contributed by atoms with Gasteiger partial charge in [-0.15, -0.1) is 0 Å². The molecule has 0 bridgehead atoms. The number of rotatable bonds is 5. The normalized spacial score (nSPS) is 45.5. The first kappa shape index (κ1) is 30.8. The van der Waals surface area contributed by atoms with Gasteiger partial charge >= 0.3 is 5.97 Å². The number of allylic oxidation sites excluding steroid dienone is 1. The number of ether oxygens (including phenoxy) is 1. The lowest BCUT2D eigenvalue weighted by molar-refractivity contribution is -0.233. The van der Waals surface area contributed by atoms with Crippen molar-refractivity contribution in [2.75, 3.05) is 7.11 Å². The van der Waals surface area contributed by atoms with Gasteiger partial charge in [0.25, 0.3) is 0 Å². The van der Waals surface area contributed by atoms with E-state index in [0.29, 0.717) is 35.9 Å². The Morgan fingerprint density at radius 1 is 0.902 bits per heavy atom. The fourth-order valence-electron chi connectivity index (χ4n) is 12.2. The summed E-state index contributed by atoms with van der Waals surface area (Å²) in [6.07, 6.45) is 10.1. The van der Waals surface area contributed by atoms with Gasteiger partial charge in [-0.2, -0.15) is 0 Å². The average molecular weight is 568 g/mol. The summed E-state index contributed by atoms with van der Waals surface area (Å²) in [7, 11) is 1.40. The fourth-order valence-corrected chi connectivity index (χ4v) is 12.2. The average Bonchev–Trinajstić information content (AvgIpc) is 3.30. The molecule has 5 aliphatic rings. The molecule has 0 spiro atoms. The zero-order chi connectivity index (χ0) is 30.3. The molecule has 3 unspecified atom stereocenters. The van der Waals surface area contributed by atoms with Gasteiger partial charge in [-0.1, -0.05) is 60.6 Å². The maximum Gasteiger partial charge on any atom is 0.328 e. The molecule has 5 heteroatoms. The second kappa shape index (κ2) is 9.94. The molecule has 0 saturated heterocycles. The minimum Gasteiger partial charge on any atom is -0.467 e. The third-order valence-electron chi connectivity index (χ3n) is 14.7. The number of hydrogen-bond donors (Lipinski definition) is 1. The standard InChI is InChI=1S/C36H57NO4/c1-21(2)23-13-18-36(31(40)37-29(22(3)4)30(39)41-10)20-19-34(8)24(28(23)36)11-12-26-33(7)16-15-27(38)32(5,6)25(33)14-17-35(26,34)9/h22-26,28-29H,1,11-20H2,2-10H3,(H,37,40)/t23-,24?,25?,26+,28?,29-,33-,34-,35+,36-/m0/s1. The molecule has 0 aliphatic heterocycles. The molecule has 1 amide bonds. The molecule has 5 fully saturated rings. The van der Waals surface area contributed by atoms with E-state index in [9.17, 15) is 14.4 Å². The van der Waals surface area contributed by atoms with Crippen LogP contribution in [0.25, 0.3) is 0 Å². The number of carbonyl (C=O) groups excluding carboxylic acids is 3. The number of ketones is 1. The van der Waals surface area contributed by atoms with Crippen LogP contribution in [0, 0.1) is 62.6 Å². The summed E-state index contributed by atoms with van der Waals surface area (Å²) in [5, 5.41) is 3.21. The Hall–Kier alpha value is -1.65. The minimum absolute atomic E-state index is 0.0367. The maximum absolute atomic E-state index is 14.4. The summed E-state index contributed by atoms with van der Waals surface area (Å²) < 4.78 is 5.09. The molecule has 0 aromatic heterocycles. The molecule has 0 radical (unpaired) electrons. The van der Waals surface area contributed by atoms with E-state index in [0.717, 1.165) is 44.9 Å². The molecule has 0 aromatic carbocycles. The number of Topliss-reactive ketones (excluding diaryl/α,β-unsaturated/α-hetero) is 1. The molecule has 230 valence electrons. The van der Waals surface area contributed by atoms with Crippen molar-refractivity contribution in [3.8, 4) is 0 Å². The zero-order valence-corrected chi connectivity index (χ0v) is 27.5. The van der Waals surface area contributed by atoms with Crippen LogP contribution in [0.5, 0.6) is 0 Å². The topological polar surface area (TPSA) is 72.5 Å². The lowest BCUT2D eigenvalue weighted by atomic mass is 9.32. The second-order valence-corrected chi connectivity index (χ2v) is 16.7. The second-order valence-electron chi connectivity index (χ2n) is 16.7. The van der Waals surface area contributed by atoms with Gasteiger partial charge in [-0.05, 0) is 116 Å². The number of esters is 1. The number of hydrogen-bond acceptors (Lipinski definition) is 4. The molecule has 5 rings (SSSR count). The Labute approximate surface area is 249 Å². The molecule has 5 aliphatic carbocycles. The molecule has 0 aromatic rings. The van der Waals surface area contributed by atoms with E-state index in [4.69, 9.17) is 4.74 Å². The third kappa shape index (κ3) is 4.09. The third-order valence-corrected chi connectivity index (χ3v) is 14.7. The van der Waals surface area contributed by atoms with Crippen molar-refractivity contribution in [3.63, 3.8) is 0 Å². The molecule has 41 heavy (non-hydrogen) atoms. The first-order chi connectivity index (χ1) is 19.0. The van der Waals surface area contributed by atoms with Crippen LogP contribution >= 0.6 is 0 Å². The first-order valence-electron chi connectivity index (χ1n) is 16.6. The molecular formula is C36H57NO4. The Bertz CT molecular complexity index is 1120. The number of methoxy groups -OCH3 is 1. The van der Waals surface area contributed by atoms with Crippen molar-refractivity contribution in [3.05, 3.63) is 12.2 Å². The largest absolute Gasteiger partial charge is 0.467 e. The van der Waals surface area contributed by atoms with Gasteiger partial charge in [0, 0.05) is 11.8 Å². The highest BCUT2D eigenvalue weighted by Crippen LogP contribution is 2.77. The monoisotopic (exact) mass is 567 g/mol. The maximum atomic E-state index is 14.4. The summed E-state index contributed by atoms with van der Waals surface area (Å²) in [6.45, 7) is 22.7. The van der Waals surface area contributed by atoms with Gasteiger partial charge in [0.1, 0.15) is 11.8 Å². The van der Waals surface area contributed by atoms with Crippen molar-refractivity contribution in [1.82, 2.24) is 5.32 Å². The first-order valence-corrected chi connectivity index (χ1v) is 16.6. The predicted molar refractivity (Wildman–Crippen MR) is 163 cm³/mol. The van der Waals surface area contributed by atoms with Gasteiger partial charge in [-0.3, -0.25) is 9.59 Å². The van der Waals surface area contributed by atoms with Crippen molar-refractivity contribution >= 4 is 17.7 Å². The zero-order valence-electron chi connectivity index (χ0n) is 27.5. The smallest absolute Gasteiger partial charge is 0.328 e. The Morgan fingerprint density at radius 3 is 2.20 bits per heavy atom. The lowest BCUT2D eigenvalue weighted by Crippen LogP contribution is -2.67.